The zero-order valence-electron chi connectivity index (χ0n) is 55.6. The van der Waals surface area contributed by atoms with E-state index in [2.05, 4.69) is 22.5 Å². The minimum Gasteiger partial charge on any atom is -0.493 e. The fourth-order valence-corrected chi connectivity index (χ4v) is 13.5. The van der Waals surface area contributed by atoms with Crippen LogP contribution in [0.2, 0.25) is 0 Å². The predicted molar refractivity (Wildman–Crippen MR) is 366 cm³/mol. The van der Waals surface area contributed by atoms with Gasteiger partial charge in [0.1, 0.15) is 18.1 Å². The molecule has 0 bridgehead atoms. The molecule has 1 saturated heterocycles. The number of Topliss-reactive ketones (excluding diaryl/α,β-unsaturated/α-hetero) is 3. The Bertz CT molecular complexity index is 4260. The van der Waals surface area contributed by atoms with E-state index < -0.39 is 47.9 Å². The monoisotopic (exact) mass is 1330 g/mol. The summed E-state index contributed by atoms with van der Waals surface area (Å²) in [7, 11) is 1.51. The second-order valence-electron chi connectivity index (χ2n) is 26.6. The van der Waals surface area contributed by atoms with E-state index in [9.17, 15) is 48.3 Å². The molecule has 0 radical (unpaired) electrons. The van der Waals surface area contributed by atoms with Gasteiger partial charge in [-0.1, -0.05) is 98.5 Å². The van der Waals surface area contributed by atoms with Crippen molar-refractivity contribution in [2.75, 3.05) is 48.1 Å². The number of aliphatic hydroxyl groups excluding tert-OH is 1. The third-order valence-electron chi connectivity index (χ3n) is 19.4. The van der Waals surface area contributed by atoms with E-state index >= 15 is 0 Å². The summed E-state index contributed by atoms with van der Waals surface area (Å²) in [6, 6.07) is 34.5. The number of para-hydroxylation sites is 2. The maximum Gasteiger partial charge on any atom is 0.416 e. The molecule has 1 saturated carbocycles. The van der Waals surface area contributed by atoms with Crippen molar-refractivity contribution in [2.45, 2.75) is 136 Å². The molecule has 2 fully saturated rings. The van der Waals surface area contributed by atoms with Gasteiger partial charge in [-0.05, 0) is 109 Å². The van der Waals surface area contributed by atoms with E-state index in [1.165, 1.54) is 7.11 Å². The number of aryl methyl sites for hydroxylation is 1. The quantitative estimate of drug-likeness (QED) is 0.0356. The van der Waals surface area contributed by atoms with Crippen LogP contribution in [0.5, 0.6) is 17.2 Å². The fourth-order valence-electron chi connectivity index (χ4n) is 13.5. The van der Waals surface area contributed by atoms with Crippen LogP contribution in [0.4, 0.5) is 27.5 Å². The summed E-state index contributed by atoms with van der Waals surface area (Å²) in [5, 5.41) is 17.5. The topological polar surface area (TPSA) is 260 Å². The molecule has 5 atom stereocenters. The molecular weight excluding hydrogens is 1250 g/mol. The van der Waals surface area contributed by atoms with Gasteiger partial charge in [-0.2, -0.15) is 0 Å². The minimum absolute atomic E-state index is 0.0475. The van der Waals surface area contributed by atoms with Crippen LogP contribution in [0.1, 0.15) is 138 Å². The highest BCUT2D eigenvalue weighted by molar-refractivity contribution is 6.15. The summed E-state index contributed by atoms with van der Waals surface area (Å²) in [5.74, 6) is 3.70. The predicted octanol–water partition coefficient (Wildman–Crippen LogP) is 9.65. The van der Waals surface area contributed by atoms with E-state index in [1.807, 2.05) is 79.7 Å². The number of carbonyl (C=O) groups excluding carboxylic acids is 9. The van der Waals surface area contributed by atoms with E-state index in [4.69, 9.17) is 23.9 Å². The van der Waals surface area contributed by atoms with E-state index in [0.29, 0.717) is 88.8 Å². The van der Waals surface area contributed by atoms with Gasteiger partial charge >= 0.3 is 6.09 Å². The number of benzene rings is 6. The second-order valence-corrected chi connectivity index (χ2v) is 26.6. The maximum absolute atomic E-state index is 14.4. The number of nitrogens with one attached hydrogen (secondary N) is 2. The van der Waals surface area contributed by atoms with Gasteiger partial charge in [-0.15, -0.1) is 0 Å². The van der Waals surface area contributed by atoms with Crippen LogP contribution in [0.15, 0.2) is 126 Å². The Hall–Kier alpha value is -10.5. The van der Waals surface area contributed by atoms with Gasteiger partial charge in [0.15, 0.2) is 29.3 Å². The Morgan fingerprint density at radius 2 is 1.41 bits per heavy atom. The van der Waals surface area contributed by atoms with Gasteiger partial charge in [0.05, 0.1) is 79.7 Å². The highest BCUT2D eigenvalue weighted by Crippen LogP contribution is 2.57. The van der Waals surface area contributed by atoms with Crippen LogP contribution >= 0.6 is 0 Å². The highest BCUT2D eigenvalue weighted by atomic mass is 16.6. The number of aliphatic imine (C=N–C) groups is 1. The summed E-state index contributed by atoms with van der Waals surface area (Å²) in [6.45, 7) is 7.51. The summed E-state index contributed by atoms with van der Waals surface area (Å²) < 4.78 is 24.1. The van der Waals surface area contributed by atoms with Crippen molar-refractivity contribution in [3.05, 3.63) is 171 Å². The molecule has 1 aliphatic carbocycles. The van der Waals surface area contributed by atoms with Crippen molar-refractivity contribution in [1.29, 1.82) is 0 Å². The number of ether oxygens (including phenoxy) is 4. The molecule has 1 unspecified atom stereocenters. The molecular formula is C77H79N7O14. The Balaban J connectivity index is 0.600. The largest absolute Gasteiger partial charge is 0.493 e. The van der Waals surface area contributed by atoms with Crippen molar-refractivity contribution >= 4 is 81.9 Å². The first kappa shape index (κ1) is 67.5. The van der Waals surface area contributed by atoms with Gasteiger partial charge in [-0.3, -0.25) is 48.2 Å². The molecule has 5 aliphatic heterocycles. The molecule has 5 heterocycles. The normalized spacial score (nSPS) is 17.9. The van der Waals surface area contributed by atoms with Gasteiger partial charge in [0.2, 0.25) is 17.7 Å². The van der Waals surface area contributed by atoms with Crippen molar-refractivity contribution < 1.29 is 67.2 Å². The Morgan fingerprint density at radius 1 is 0.724 bits per heavy atom. The van der Waals surface area contributed by atoms with E-state index in [1.54, 1.807) is 90.2 Å². The van der Waals surface area contributed by atoms with Gasteiger partial charge < -0.3 is 44.5 Å². The van der Waals surface area contributed by atoms with Crippen LogP contribution in [0, 0.1) is 36.0 Å². The zero-order valence-corrected chi connectivity index (χ0v) is 55.6. The Kier molecular flexibility index (Phi) is 20.0. The lowest BCUT2D eigenvalue weighted by Crippen LogP contribution is -2.50. The average Bonchev–Trinajstić information content (AvgIpc) is 1.86. The number of hydrogen-bond acceptors (Lipinski definition) is 15. The first-order valence-corrected chi connectivity index (χ1v) is 33.5. The van der Waals surface area contributed by atoms with Crippen molar-refractivity contribution in [3.8, 4) is 29.1 Å². The molecule has 6 aromatic rings. The number of rotatable bonds is 25. The lowest BCUT2D eigenvalue weighted by molar-refractivity contribution is -0.133. The number of amides is 6. The molecule has 6 aromatic carbocycles. The number of hydrogen-bond donors (Lipinski definition) is 3. The van der Waals surface area contributed by atoms with Gasteiger partial charge in [0.25, 0.3) is 11.8 Å². The standard InChI is InChI=1S/C77H79N7O14/c1-46(2)58(36-57(86)42-79-70(88)27-25-56(85)26-28-71(89)81-43-54-16-7-6-13-51(54)23-24-52-14-8-10-17-62(52)81)72(90)80-48(4)66(87)34-49-19-21-50(22-20-49)44-98-76(94)84-64-39-67(47(3)33-60(64)73(91)82-45-77(29-30-77)40-65(82)75(84)93)96-31-12-32-97-69-38-61-59(37-68(69)95-5)74(92)83-55(41-78-61)35-53-15-9-11-18-63(53)83/h6-11,13-22,33,37-39,41,46,48,55,58,65,75,93H,12,25-32,34-36,40,42-45H2,1-5H3,(H,79,88)(H,80,90)/t48-,55-,58-,65-,75?/m0/s1. The van der Waals surface area contributed by atoms with Crippen molar-refractivity contribution in [3.63, 3.8) is 0 Å². The first-order valence-electron chi connectivity index (χ1n) is 33.5. The molecule has 506 valence electrons. The molecule has 98 heavy (non-hydrogen) atoms. The highest BCUT2D eigenvalue weighted by Gasteiger charge is 2.58. The SMILES string of the molecule is COc1cc2c(cc1OCCCOc1cc3c(cc1C)C(=O)N1CC4(CC4)C[C@H]1C(O)N3C(=O)OCc1ccc(CC(=O)[C@H](C)NC(=O)[C@@H](CC(=O)CNC(=O)CCC(=O)CCC(=O)N3Cc4ccccc4C#Cc4ccccc43)C(C)C)cc1)N=C[C@@H]1Cc3ccccc3N1C2=O. The third-order valence-corrected chi connectivity index (χ3v) is 19.4. The van der Waals surface area contributed by atoms with Crippen LogP contribution in [-0.2, 0) is 59.5 Å². The number of ketones is 3. The summed E-state index contributed by atoms with van der Waals surface area (Å²) in [4.78, 5) is 133. The summed E-state index contributed by atoms with van der Waals surface area (Å²) in [6.07, 6.45) is 2.23. The third kappa shape index (κ3) is 14.8. The van der Waals surface area contributed by atoms with E-state index in [0.717, 1.165) is 40.1 Å². The number of nitrogens with zero attached hydrogens (tertiary/aromatic N) is 5. The number of aliphatic hydroxyl groups is 1. The number of carbonyl (C=O) groups is 9. The van der Waals surface area contributed by atoms with Crippen molar-refractivity contribution in [2.24, 2.45) is 22.2 Å². The van der Waals surface area contributed by atoms with Gasteiger partial charge in [0, 0.05) is 99.0 Å². The lowest BCUT2D eigenvalue weighted by Gasteiger charge is -2.31. The lowest BCUT2D eigenvalue weighted by atomic mass is 9.89. The number of methoxy groups -OCH3 is 1. The average molecular weight is 1330 g/mol. The van der Waals surface area contributed by atoms with Crippen LogP contribution in [0.3, 0.4) is 0 Å². The molecule has 21 nitrogen and oxygen atoms in total. The van der Waals surface area contributed by atoms with Crippen LogP contribution in [0.25, 0.3) is 0 Å². The summed E-state index contributed by atoms with van der Waals surface area (Å²) in [5.41, 5.74) is 7.99. The number of fused-ring (bicyclic) bond motifs is 8. The number of anilines is 3. The van der Waals surface area contributed by atoms with Crippen LogP contribution in [-0.4, -0.2) is 127 Å². The molecule has 6 aliphatic rings. The fraction of sp³-hybridized carbons (Fsp3) is 0.377. The Labute approximate surface area is 568 Å². The van der Waals surface area contributed by atoms with Gasteiger partial charge in [-0.25, -0.2) is 9.69 Å². The van der Waals surface area contributed by atoms with Crippen LogP contribution < -0.4 is 39.5 Å². The molecule has 12 rings (SSSR count). The zero-order chi connectivity index (χ0) is 68.9. The minimum atomic E-state index is -1.44. The molecule has 3 N–H and O–H groups in total. The molecule has 6 amide bonds. The molecule has 0 aromatic heterocycles. The Morgan fingerprint density at radius 3 is 2.15 bits per heavy atom. The summed E-state index contributed by atoms with van der Waals surface area (Å²) >= 11 is 0. The maximum atomic E-state index is 14.4. The van der Waals surface area contributed by atoms with E-state index in [-0.39, 0.29) is 123 Å². The first-order chi connectivity index (χ1) is 47.2. The molecule has 1 spiro atoms. The second kappa shape index (κ2) is 29.1. The van der Waals surface area contributed by atoms with Crippen molar-refractivity contribution in [1.82, 2.24) is 15.5 Å². The smallest absolute Gasteiger partial charge is 0.416 e. The molecule has 21 heteroatoms.